The minimum absolute atomic E-state index is 0.0829. The van der Waals surface area contributed by atoms with Gasteiger partial charge in [0.1, 0.15) is 6.54 Å². The third-order valence-corrected chi connectivity index (χ3v) is 6.02. The molecule has 1 unspecified atom stereocenters. The normalized spacial score (nSPS) is 12.7. The first-order chi connectivity index (χ1) is 12.0. The van der Waals surface area contributed by atoms with Crippen LogP contribution in [0.5, 0.6) is 0 Å². The van der Waals surface area contributed by atoms with Crippen LogP contribution in [-0.4, -0.2) is 49.4 Å². The minimum Gasteiger partial charge on any atom is -0.480 e. The highest BCUT2D eigenvalue weighted by atomic mass is 32.2. The van der Waals surface area contributed by atoms with Gasteiger partial charge < -0.3 is 10.0 Å². The predicted molar refractivity (Wildman–Crippen MR) is 99.6 cm³/mol. The van der Waals surface area contributed by atoms with Gasteiger partial charge in [0.25, 0.3) is 0 Å². The largest absolute Gasteiger partial charge is 0.480 e. The second kappa shape index (κ2) is 9.14. The number of aliphatic carboxylic acids is 1. The Morgan fingerprint density at radius 3 is 2.19 bits per heavy atom. The fourth-order valence-corrected chi connectivity index (χ4v) is 4.44. The molecular formula is C18H28N2O5S. The number of carbonyl (C=O) groups excluding carboxylic acids is 1. The van der Waals surface area contributed by atoms with E-state index in [2.05, 4.69) is 4.72 Å². The predicted octanol–water partition coefficient (Wildman–Crippen LogP) is 1.99. The first kappa shape index (κ1) is 22.1. The van der Waals surface area contributed by atoms with Crippen molar-refractivity contribution in [1.29, 1.82) is 0 Å². The zero-order valence-corrected chi connectivity index (χ0v) is 16.8. The van der Waals surface area contributed by atoms with Crippen LogP contribution in [0, 0.1) is 20.8 Å². The standard InChI is InChI=1S/C18H28N2O5S/c1-6-15(5)20(11-17(22)23)16(21)7-8-19-26(24,25)18-13(3)9-12(2)10-14(18)4/h9-10,15,19H,6-8,11H2,1-5H3,(H,22,23). The molecule has 1 aromatic carbocycles. The lowest BCUT2D eigenvalue weighted by molar-refractivity contribution is -0.146. The number of nitrogens with one attached hydrogen (secondary N) is 1. The van der Waals surface area contributed by atoms with Gasteiger partial charge in [0, 0.05) is 19.0 Å². The Balaban J connectivity index is 2.82. The van der Waals surface area contributed by atoms with Crippen LogP contribution in [0.3, 0.4) is 0 Å². The lowest BCUT2D eigenvalue weighted by Gasteiger charge is -2.27. The molecule has 0 saturated carbocycles. The highest BCUT2D eigenvalue weighted by Crippen LogP contribution is 2.21. The molecule has 0 bridgehead atoms. The molecule has 0 saturated heterocycles. The van der Waals surface area contributed by atoms with Gasteiger partial charge in [-0.2, -0.15) is 0 Å². The van der Waals surface area contributed by atoms with Crippen molar-refractivity contribution in [2.45, 2.75) is 58.4 Å². The molecular weight excluding hydrogens is 356 g/mol. The minimum atomic E-state index is -3.75. The van der Waals surface area contributed by atoms with Crippen LogP contribution in [-0.2, 0) is 19.6 Å². The van der Waals surface area contributed by atoms with Crippen molar-refractivity contribution < 1.29 is 23.1 Å². The van der Waals surface area contributed by atoms with Crippen LogP contribution in [0.1, 0.15) is 43.4 Å². The highest BCUT2D eigenvalue weighted by molar-refractivity contribution is 7.89. The Labute approximate surface area is 155 Å². The second-order valence-corrected chi connectivity index (χ2v) is 8.25. The molecule has 1 amide bonds. The maximum absolute atomic E-state index is 12.6. The lowest BCUT2D eigenvalue weighted by atomic mass is 10.1. The monoisotopic (exact) mass is 384 g/mol. The number of nitrogens with zero attached hydrogens (tertiary/aromatic N) is 1. The number of hydrogen-bond acceptors (Lipinski definition) is 4. The smallest absolute Gasteiger partial charge is 0.323 e. The first-order valence-electron chi connectivity index (χ1n) is 8.58. The van der Waals surface area contributed by atoms with E-state index < -0.39 is 22.5 Å². The summed E-state index contributed by atoms with van der Waals surface area (Å²) in [6, 6.07) is 3.37. The molecule has 7 nitrogen and oxygen atoms in total. The van der Waals surface area contributed by atoms with E-state index in [9.17, 15) is 18.0 Å². The van der Waals surface area contributed by atoms with Crippen molar-refractivity contribution >= 4 is 21.9 Å². The molecule has 0 aliphatic carbocycles. The Hall–Kier alpha value is -1.93. The topological polar surface area (TPSA) is 104 Å². The molecule has 8 heteroatoms. The maximum atomic E-state index is 12.6. The summed E-state index contributed by atoms with van der Waals surface area (Å²) in [7, 11) is -3.75. The zero-order chi connectivity index (χ0) is 20.1. The number of carbonyl (C=O) groups is 2. The lowest BCUT2D eigenvalue weighted by Crippen LogP contribution is -2.43. The van der Waals surface area contributed by atoms with E-state index >= 15 is 0 Å². The third kappa shape index (κ3) is 5.81. The van der Waals surface area contributed by atoms with E-state index in [1.165, 1.54) is 4.90 Å². The van der Waals surface area contributed by atoms with Crippen molar-refractivity contribution in [3.8, 4) is 0 Å². The summed E-state index contributed by atoms with van der Waals surface area (Å²) in [6.45, 7) is 8.52. The summed E-state index contributed by atoms with van der Waals surface area (Å²) < 4.78 is 27.6. The van der Waals surface area contributed by atoms with Gasteiger partial charge in [0.15, 0.2) is 0 Å². The Kier molecular flexibility index (Phi) is 7.77. The van der Waals surface area contributed by atoms with Gasteiger partial charge in [-0.3, -0.25) is 9.59 Å². The summed E-state index contributed by atoms with van der Waals surface area (Å²) in [5.74, 6) is -1.48. The molecule has 1 atom stereocenters. The molecule has 0 radical (unpaired) electrons. The number of rotatable bonds is 9. The van der Waals surface area contributed by atoms with E-state index in [-0.39, 0.29) is 29.8 Å². The number of benzene rings is 1. The molecule has 0 aromatic heterocycles. The van der Waals surface area contributed by atoms with E-state index in [1.54, 1.807) is 32.9 Å². The van der Waals surface area contributed by atoms with E-state index in [4.69, 9.17) is 5.11 Å². The van der Waals surface area contributed by atoms with Crippen molar-refractivity contribution in [2.24, 2.45) is 0 Å². The SMILES string of the molecule is CCC(C)N(CC(=O)O)C(=O)CCNS(=O)(=O)c1c(C)cc(C)cc1C. The van der Waals surface area contributed by atoms with Crippen LogP contribution in [0.25, 0.3) is 0 Å². The second-order valence-electron chi connectivity index (χ2n) is 6.55. The fraction of sp³-hybridized carbons (Fsp3) is 0.556. The number of carboxylic acid groups (broad SMARTS) is 1. The highest BCUT2D eigenvalue weighted by Gasteiger charge is 2.23. The van der Waals surface area contributed by atoms with Gasteiger partial charge in [-0.15, -0.1) is 0 Å². The van der Waals surface area contributed by atoms with Gasteiger partial charge in [-0.05, 0) is 45.2 Å². The van der Waals surface area contributed by atoms with Crippen molar-refractivity contribution in [3.63, 3.8) is 0 Å². The molecule has 1 aromatic rings. The molecule has 0 heterocycles. The average molecular weight is 384 g/mol. The number of carboxylic acids is 1. The van der Waals surface area contributed by atoms with Crippen LogP contribution in [0.4, 0.5) is 0 Å². The fourth-order valence-electron chi connectivity index (χ4n) is 2.95. The number of hydrogen-bond donors (Lipinski definition) is 2. The molecule has 0 aliphatic rings. The van der Waals surface area contributed by atoms with Crippen molar-refractivity contribution in [1.82, 2.24) is 9.62 Å². The van der Waals surface area contributed by atoms with E-state index in [0.29, 0.717) is 17.5 Å². The molecule has 26 heavy (non-hydrogen) atoms. The summed E-state index contributed by atoms with van der Waals surface area (Å²) in [5.41, 5.74) is 2.27. The quantitative estimate of drug-likeness (QED) is 0.678. The van der Waals surface area contributed by atoms with Gasteiger partial charge in [-0.25, -0.2) is 13.1 Å². The third-order valence-electron chi connectivity index (χ3n) is 4.25. The van der Waals surface area contributed by atoms with Crippen LogP contribution in [0.2, 0.25) is 0 Å². The summed E-state index contributed by atoms with van der Waals surface area (Å²) in [4.78, 5) is 24.7. The number of aryl methyl sites for hydroxylation is 3. The summed E-state index contributed by atoms with van der Waals surface area (Å²) in [5, 5.41) is 8.96. The van der Waals surface area contributed by atoms with Crippen LogP contribution < -0.4 is 4.72 Å². The Morgan fingerprint density at radius 2 is 1.73 bits per heavy atom. The van der Waals surface area contributed by atoms with Gasteiger partial charge in [0.05, 0.1) is 4.90 Å². The van der Waals surface area contributed by atoms with Crippen LogP contribution in [0.15, 0.2) is 17.0 Å². The zero-order valence-electron chi connectivity index (χ0n) is 16.0. The molecule has 146 valence electrons. The molecule has 0 spiro atoms. The molecule has 2 N–H and O–H groups in total. The van der Waals surface area contributed by atoms with Gasteiger partial charge in [0.2, 0.25) is 15.9 Å². The number of amides is 1. The van der Waals surface area contributed by atoms with Gasteiger partial charge >= 0.3 is 5.97 Å². The van der Waals surface area contributed by atoms with Crippen molar-refractivity contribution in [2.75, 3.05) is 13.1 Å². The molecule has 1 rings (SSSR count). The summed E-state index contributed by atoms with van der Waals surface area (Å²) in [6.07, 6.45) is 0.521. The van der Waals surface area contributed by atoms with E-state index in [0.717, 1.165) is 5.56 Å². The molecule has 0 aliphatic heterocycles. The van der Waals surface area contributed by atoms with E-state index in [1.807, 2.05) is 13.8 Å². The summed E-state index contributed by atoms with van der Waals surface area (Å²) >= 11 is 0. The van der Waals surface area contributed by atoms with Gasteiger partial charge in [-0.1, -0.05) is 24.6 Å². The number of sulfonamides is 1. The molecule has 0 fully saturated rings. The van der Waals surface area contributed by atoms with Crippen LogP contribution >= 0.6 is 0 Å². The Morgan fingerprint density at radius 1 is 1.19 bits per heavy atom. The first-order valence-corrected chi connectivity index (χ1v) is 10.1. The average Bonchev–Trinajstić information content (AvgIpc) is 2.49. The van der Waals surface area contributed by atoms with Crippen molar-refractivity contribution in [3.05, 3.63) is 28.8 Å². The Bertz CT molecular complexity index is 751. The maximum Gasteiger partial charge on any atom is 0.323 e.